The summed E-state index contributed by atoms with van der Waals surface area (Å²) in [5, 5.41) is 14.1. The highest BCUT2D eigenvalue weighted by molar-refractivity contribution is 5.95. The van der Waals surface area contributed by atoms with Gasteiger partial charge in [-0.25, -0.2) is 4.79 Å². The first-order valence-electron chi connectivity index (χ1n) is 5.33. The minimum absolute atomic E-state index is 0.0184. The second-order valence-corrected chi connectivity index (χ2v) is 3.82. The highest BCUT2D eigenvalue weighted by Gasteiger charge is 2.04. The predicted molar refractivity (Wildman–Crippen MR) is 65.1 cm³/mol. The molecule has 0 heterocycles. The quantitative estimate of drug-likeness (QED) is 0.691. The Morgan fingerprint density at radius 1 is 1.29 bits per heavy atom. The summed E-state index contributed by atoms with van der Waals surface area (Å²) in [4.78, 5) is 22.4. The molecule has 1 rings (SSSR count). The number of carbonyl (C=O) groups excluding carboxylic acids is 2. The molecule has 2 amide bonds. The maximum absolute atomic E-state index is 11.3. The van der Waals surface area contributed by atoms with E-state index in [0.29, 0.717) is 11.3 Å². The number of benzene rings is 1. The van der Waals surface area contributed by atoms with Crippen LogP contribution >= 0.6 is 0 Å². The Bertz CT molecular complexity index is 399. The molecule has 0 radical (unpaired) electrons. The summed E-state index contributed by atoms with van der Waals surface area (Å²) in [6.07, 6.45) is -0.583. The number of hydrogen-bond donors (Lipinski definition) is 3. The van der Waals surface area contributed by atoms with Crippen molar-refractivity contribution in [3.8, 4) is 0 Å². The van der Waals surface area contributed by atoms with Crippen LogP contribution in [-0.4, -0.2) is 29.6 Å². The largest absolute Gasteiger partial charge is 0.392 e. The lowest BCUT2D eigenvalue weighted by molar-refractivity contribution is 0.101. The molecule has 0 unspecified atom stereocenters. The first-order chi connectivity index (χ1) is 7.99. The number of nitrogens with one attached hydrogen (secondary N) is 2. The molecule has 0 saturated carbocycles. The fraction of sp³-hybridized carbons (Fsp3) is 0.333. The van der Waals surface area contributed by atoms with E-state index in [1.807, 2.05) is 0 Å². The Morgan fingerprint density at radius 2 is 1.88 bits per heavy atom. The van der Waals surface area contributed by atoms with E-state index >= 15 is 0 Å². The molecular formula is C12H16N2O3. The minimum Gasteiger partial charge on any atom is -0.392 e. The van der Waals surface area contributed by atoms with Gasteiger partial charge in [0.05, 0.1) is 6.10 Å². The first kappa shape index (κ1) is 13.2. The SMILES string of the molecule is CC(=O)c1ccc(NC(=O)NC[C@@H](C)O)cc1. The topological polar surface area (TPSA) is 78.4 Å². The van der Waals surface area contributed by atoms with Crippen molar-refractivity contribution in [2.75, 3.05) is 11.9 Å². The molecule has 0 saturated heterocycles. The van der Waals surface area contributed by atoms with Crippen LogP contribution in [0, 0.1) is 0 Å². The Balaban J connectivity index is 2.51. The highest BCUT2D eigenvalue weighted by Crippen LogP contribution is 2.09. The Hall–Kier alpha value is -1.88. The van der Waals surface area contributed by atoms with Crippen LogP contribution in [0.4, 0.5) is 10.5 Å². The van der Waals surface area contributed by atoms with Gasteiger partial charge in [0.15, 0.2) is 5.78 Å². The molecule has 0 aliphatic heterocycles. The summed E-state index contributed by atoms with van der Waals surface area (Å²) in [6, 6.07) is 6.21. The molecule has 1 aromatic rings. The fourth-order valence-electron chi connectivity index (χ4n) is 1.20. The summed E-state index contributed by atoms with van der Waals surface area (Å²) in [5.74, 6) is -0.0184. The lowest BCUT2D eigenvalue weighted by Crippen LogP contribution is -2.34. The summed E-state index contributed by atoms with van der Waals surface area (Å²) in [7, 11) is 0. The van der Waals surface area contributed by atoms with E-state index in [2.05, 4.69) is 10.6 Å². The molecular weight excluding hydrogens is 220 g/mol. The lowest BCUT2D eigenvalue weighted by Gasteiger charge is -2.09. The van der Waals surface area contributed by atoms with Crippen LogP contribution in [-0.2, 0) is 0 Å². The molecule has 0 bridgehead atoms. The van der Waals surface area contributed by atoms with Crippen LogP contribution in [0.25, 0.3) is 0 Å². The first-order valence-corrected chi connectivity index (χ1v) is 5.33. The zero-order valence-corrected chi connectivity index (χ0v) is 9.86. The molecule has 0 aliphatic carbocycles. The van der Waals surface area contributed by atoms with Gasteiger partial charge in [-0.2, -0.15) is 0 Å². The van der Waals surface area contributed by atoms with Gasteiger partial charge in [-0.1, -0.05) is 0 Å². The molecule has 0 spiro atoms. The van der Waals surface area contributed by atoms with Crippen molar-refractivity contribution in [2.45, 2.75) is 20.0 Å². The molecule has 5 nitrogen and oxygen atoms in total. The maximum Gasteiger partial charge on any atom is 0.319 e. The van der Waals surface area contributed by atoms with Gasteiger partial charge in [-0.05, 0) is 38.1 Å². The van der Waals surface area contributed by atoms with Crippen molar-refractivity contribution in [1.29, 1.82) is 0 Å². The van der Waals surface area contributed by atoms with Crippen molar-refractivity contribution < 1.29 is 14.7 Å². The molecule has 1 aromatic carbocycles. The number of anilines is 1. The average Bonchev–Trinajstić information content (AvgIpc) is 2.27. The zero-order chi connectivity index (χ0) is 12.8. The standard InChI is InChI=1S/C12H16N2O3/c1-8(15)7-13-12(17)14-11-5-3-10(4-6-11)9(2)16/h3-6,8,15H,7H2,1-2H3,(H2,13,14,17)/t8-/m1/s1. The van der Waals surface area contributed by atoms with Gasteiger partial charge in [0, 0.05) is 17.8 Å². The van der Waals surface area contributed by atoms with Crippen LogP contribution in [0.3, 0.4) is 0 Å². The summed E-state index contributed by atoms with van der Waals surface area (Å²) in [5.41, 5.74) is 1.19. The molecule has 3 N–H and O–H groups in total. The molecule has 17 heavy (non-hydrogen) atoms. The number of carbonyl (C=O) groups is 2. The summed E-state index contributed by atoms with van der Waals surface area (Å²) >= 11 is 0. The molecule has 0 aromatic heterocycles. The van der Waals surface area contributed by atoms with Crippen LogP contribution in [0.1, 0.15) is 24.2 Å². The van der Waals surface area contributed by atoms with Crippen LogP contribution in [0.5, 0.6) is 0 Å². The Labute approximate surface area is 99.8 Å². The number of aliphatic hydroxyl groups excluding tert-OH is 1. The third-order valence-electron chi connectivity index (χ3n) is 2.11. The zero-order valence-electron chi connectivity index (χ0n) is 9.86. The van der Waals surface area contributed by atoms with E-state index in [-0.39, 0.29) is 18.4 Å². The number of urea groups is 1. The van der Waals surface area contributed by atoms with Gasteiger partial charge < -0.3 is 15.7 Å². The number of aliphatic hydroxyl groups is 1. The van der Waals surface area contributed by atoms with Gasteiger partial charge in [0.25, 0.3) is 0 Å². The predicted octanol–water partition coefficient (Wildman–Crippen LogP) is 1.39. The number of amides is 2. The highest BCUT2D eigenvalue weighted by atomic mass is 16.3. The van der Waals surface area contributed by atoms with E-state index in [0.717, 1.165) is 0 Å². The summed E-state index contributed by atoms with van der Waals surface area (Å²) in [6.45, 7) is 3.26. The fourth-order valence-corrected chi connectivity index (χ4v) is 1.20. The van der Waals surface area contributed by atoms with Crippen LogP contribution in [0.2, 0.25) is 0 Å². The molecule has 5 heteroatoms. The monoisotopic (exact) mass is 236 g/mol. The van der Waals surface area contributed by atoms with Crippen LogP contribution < -0.4 is 10.6 Å². The van der Waals surface area contributed by atoms with Crippen LogP contribution in [0.15, 0.2) is 24.3 Å². The Kier molecular flexibility index (Phi) is 4.66. The number of hydrogen-bond acceptors (Lipinski definition) is 3. The Morgan fingerprint density at radius 3 is 2.35 bits per heavy atom. The van der Waals surface area contributed by atoms with Crippen molar-refractivity contribution in [3.05, 3.63) is 29.8 Å². The lowest BCUT2D eigenvalue weighted by atomic mass is 10.1. The van der Waals surface area contributed by atoms with Crippen molar-refractivity contribution in [3.63, 3.8) is 0 Å². The smallest absolute Gasteiger partial charge is 0.319 e. The summed E-state index contributed by atoms with van der Waals surface area (Å²) < 4.78 is 0. The van der Waals surface area contributed by atoms with Crippen molar-refractivity contribution in [2.24, 2.45) is 0 Å². The second-order valence-electron chi connectivity index (χ2n) is 3.82. The van der Waals surface area contributed by atoms with E-state index in [9.17, 15) is 9.59 Å². The number of Topliss-reactive ketones (excluding diaryl/α,β-unsaturated/α-hetero) is 1. The number of ketones is 1. The van der Waals surface area contributed by atoms with Gasteiger partial charge in [-0.15, -0.1) is 0 Å². The molecule has 0 aliphatic rings. The van der Waals surface area contributed by atoms with E-state index in [1.165, 1.54) is 6.92 Å². The van der Waals surface area contributed by atoms with E-state index in [1.54, 1.807) is 31.2 Å². The average molecular weight is 236 g/mol. The van der Waals surface area contributed by atoms with Gasteiger partial charge in [0.1, 0.15) is 0 Å². The molecule has 1 atom stereocenters. The minimum atomic E-state index is -0.583. The van der Waals surface area contributed by atoms with E-state index < -0.39 is 6.10 Å². The van der Waals surface area contributed by atoms with Crippen molar-refractivity contribution >= 4 is 17.5 Å². The second kappa shape index (κ2) is 6.00. The van der Waals surface area contributed by atoms with Crippen molar-refractivity contribution in [1.82, 2.24) is 5.32 Å². The van der Waals surface area contributed by atoms with Gasteiger partial charge in [-0.3, -0.25) is 4.79 Å². The number of rotatable bonds is 4. The third kappa shape index (κ3) is 4.65. The third-order valence-corrected chi connectivity index (χ3v) is 2.11. The maximum atomic E-state index is 11.3. The van der Waals surface area contributed by atoms with Gasteiger partial charge >= 0.3 is 6.03 Å². The normalized spacial score (nSPS) is 11.7. The molecule has 0 fully saturated rings. The molecule has 92 valence electrons. The van der Waals surface area contributed by atoms with Gasteiger partial charge in [0.2, 0.25) is 0 Å². The van der Waals surface area contributed by atoms with E-state index in [4.69, 9.17) is 5.11 Å².